The molecule has 0 radical (unpaired) electrons. The first-order chi connectivity index (χ1) is 10.1. The third-order valence-electron chi connectivity index (χ3n) is 2.50. The number of carbonyl (C=O) groups excluding carboxylic acids is 1. The normalized spacial score (nSPS) is 10.5. The molecule has 21 heavy (non-hydrogen) atoms. The summed E-state index contributed by atoms with van der Waals surface area (Å²) in [7, 11) is 0. The number of hydrogen-bond acceptors (Lipinski definition) is 4. The van der Waals surface area contributed by atoms with Crippen molar-refractivity contribution in [2.75, 3.05) is 5.32 Å². The summed E-state index contributed by atoms with van der Waals surface area (Å²) in [6.45, 7) is 0.370. The summed E-state index contributed by atoms with van der Waals surface area (Å²) in [5.41, 5.74) is 3.88. The van der Waals surface area contributed by atoms with Gasteiger partial charge in [-0.1, -0.05) is 12.1 Å². The van der Waals surface area contributed by atoms with Crippen molar-refractivity contribution in [1.29, 1.82) is 0 Å². The first-order valence-corrected chi connectivity index (χ1v) is 7.01. The van der Waals surface area contributed by atoms with Gasteiger partial charge in [0, 0.05) is 17.1 Å². The van der Waals surface area contributed by atoms with Crippen molar-refractivity contribution < 1.29 is 14.7 Å². The summed E-state index contributed by atoms with van der Waals surface area (Å²) in [6.07, 6.45) is 2.54. The van der Waals surface area contributed by atoms with Crippen molar-refractivity contribution in [3.8, 4) is 0 Å². The molecule has 1 aromatic heterocycles. The Balaban J connectivity index is 1.85. The van der Waals surface area contributed by atoms with Gasteiger partial charge in [0.15, 0.2) is 0 Å². The Hall–Kier alpha value is -2.67. The predicted molar refractivity (Wildman–Crippen MR) is 81.1 cm³/mol. The van der Waals surface area contributed by atoms with E-state index in [4.69, 9.17) is 5.11 Å². The molecule has 2 amide bonds. The highest BCUT2D eigenvalue weighted by Gasteiger charge is 2.02. The van der Waals surface area contributed by atoms with Crippen molar-refractivity contribution in [2.24, 2.45) is 0 Å². The lowest BCUT2D eigenvalue weighted by Crippen LogP contribution is -2.28. The fourth-order valence-electron chi connectivity index (χ4n) is 1.52. The topological polar surface area (TPSA) is 91.3 Å². The van der Waals surface area contributed by atoms with E-state index in [0.29, 0.717) is 12.2 Å². The predicted octanol–water partition coefficient (Wildman–Crippen LogP) is 2.56. The number of carboxylic acid groups (broad SMARTS) is 1. The molecule has 2 rings (SSSR count). The van der Waals surface area contributed by atoms with Gasteiger partial charge in [-0.15, -0.1) is 11.3 Å². The lowest BCUT2D eigenvalue weighted by atomic mass is 10.2. The zero-order chi connectivity index (χ0) is 15.1. The van der Waals surface area contributed by atoms with Gasteiger partial charge in [-0.2, -0.15) is 0 Å². The maximum absolute atomic E-state index is 11.7. The van der Waals surface area contributed by atoms with E-state index in [-0.39, 0.29) is 6.03 Å². The average molecular weight is 303 g/mol. The molecule has 0 aliphatic carbocycles. The highest BCUT2D eigenvalue weighted by molar-refractivity contribution is 7.07. The fourth-order valence-corrected chi connectivity index (χ4v) is 2.07. The van der Waals surface area contributed by atoms with Crippen molar-refractivity contribution in [3.05, 3.63) is 52.5 Å². The lowest BCUT2D eigenvalue weighted by Gasteiger charge is -2.06. The van der Waals surface area contributed by atoms with E-state index in [2.05, 4.69) is 15.6 Å². The minimum Gasteiger partial charge on any atom is -0.478 e. The number of aromatic nitrogens is 1. The fraction of sp³-hybridized carbons (Fsp3) is 0.0714. The number of anilines is 1. The lowest BCUT2D eigenvalue weighted by molar-refractivity contribution is -0.131. The van der Waals surface area contributed by atoms with Crippen LogP contribution < -0.4 is 10.6 Å². The molecule has 6 nitrogen and oxygen atoms in total. The monoisotopic (exact) mass is 303 g/mol. The van der Waals surface area contributed by atoms with E-state index >= 15 is 0 Å². The van der Waals surface area contributed by atoms with Gasteiger partial charge in [0.05, 0.1) is 17.7 Å². The first-order valence-electron chi connectivity index (χ1n) is 6.06. The van der Waals surface area contributed by atoms with Crippen LogP contribution in [0, 0.1) is 0 Å². The minimum atomic E-state index is -1.00. The zero-order valence-corrected chi connectivity index (χ0v) is 11.8. The van der Waals surface area contributed by atoms with Gasteiger partial charge in [0.2, 0.25) is 0 Å². The Labute approximate surface area is 125 Å². The molecular weight excluding hydrogens is 290 g/mol. The van der Waals surface area contributed by atoms with Crippen molar-refractivity contribution in [1.82, 2.24) is 10.3 Å². The quantitative estimate of drug-likeness (QED) is 0.740. The van der Waals surface area contributed by atoms with E-state index in [0.717, 1.165) is 17.3 Å². The summed E-state index contributed by atoms with van der Waals surface area (Å²) in [5, 5.41) is 15.8. The van der Waals surface area contributed by atoms with Crippen LogP contribution in [-0.4, -0.2) is 22.1 Å². The maximum atomic E-state index is 11.7. The van der Waals surface area contributed by atoms with Crippen molar-refractivity contribution >= 4 is 35.1 Å². The largest absolute Gasteiger partial charge is 0.478 e. The third kappa shape index (κ3) is 5.07. The van der Waals surface area contributed by atoms with E-state index in [1.165, 1.54) is 17.4 Å². The number of aliphatic carboxylic acids is 1. The van der Waals surface area contributed by atoms with E-state index < -0.39 is 5.97 Å². The van der Waals surface area contributed by atoms with Crippen LogP contribution in [0.4, 0.5) is 10.5 Å². The van der Waals surface area contributed by atoms with Crippen LogP contribution in [0.5, 0.6) is 0 Å². The molecule has 0 aliphatic rings. The second-order valence-electron chi connectivity index (χ2n) is 4.08. The molecular formula is C14H13N3O3S. The Bertz CT molecular complexity index is 636. The second kappa shape index (κ2) is 7.20. The number of hydrogen-bond donors (Lipinski definition) is 3. The van der Waals surface area contributed by atoms with Crippen molar-refractivity contribution in [2.45, 2.75) is 6.54 Å². The number of rotatable bonds is 5. The standard InChI is InChI=1S/C14H13N3O3S/c18-13(19)6-3-10-1-4-11(5-2-10)17-14(20)15-7-12-8-21-9-16-12/h1-6,8-9H,7H2,(H,18,19)(H2,15,17,20). The van der Waals surface area contributed by atoms with Crippen LogP contribution in [0.1, 0.15) is 11.3 Å². The maximum Gasteiger partial charge on any atom is 0.328 e. The number of carboxylic acids is 1. The molecule has 0 fully saturated rings. The Kier molecular flexibility index (Phi) is 5.05. The van der Waals surface area contributed by atoms with Gasteiger partial charge >= 0.3 is 12.0 Å². The number of amides is 2. The third-order valence-corrected chi connectivity index (χ3v) is 3.14. The van der Waals surface area contributed by atoms with Crippen LogP contribution in [0.15, 0.2) is 41.2 Å². The number of nitrogens with one attached hydrogen (secondary N) is 2. The molecule has 0 saturated carbocycles. The van der Waals surface area contributed by atoms with E-state index in [1.807, 2.05) is 5.38 Å². The first kappa shape index (κ1) is 14.7. The minimum absolute atomic E-state index is 0.322. The molecule has 0 saturated heterocycles. The number of carbonyl (C=O) groups is 2. The average Bonchev–Trinajstić information content (AvgIpc) is 2.98. The van der Waals surface area contributed by atoms with Crippen molar-refractivity contribution in [3.63, 3.8) is 0 Å². The highest BCUT2D eigenvalue weighted by Crippen LogP contribution is 2.10. The molecule has 108 valence electrons. The number of nitrogens with zero attached hydrogens (tertiary/aromatic N) is 1. The number of thiazole rings is 1. The number of benzene rings is 1. The molecule has 0 atom stereocenters. The van der Waals surface area contributed by atoms with Gasteiger partial charge < -0.3 is 15.7 Å². The smallest absolute Gasteiger partial charge is 0.328 e. The van der Waals surface area contributed by atoms with Gasteiger partial charge in [-0.3, -0.25) is 0 Å². The van der Waals surface area contributed by atoms with Crippen LogP contribution >= 0.6 is 11.3 Å². The Morgan fingerprint density at radius 1 is 1.29 bits per heavy atom. The van der Waals surface area contributed by atoms with Crippen LogP contribution in [0.25, 0.3) is 6.08 Å². The van der Waals surface area contributed by atoms with Gasteiger partial charge in [-0.05, 0) is 23.8 Å². The molecule has 0 spiro atoms. The molecule has 1 heterocycles. The van der Waals surface area contributed by atoms with E-state index in [9.17, 15) is 9.59 Å². The molecule has 7 heteroatoms. The summed E-state index contributed by atoms with van der Waals surface area (Å²) >= 11 is 1.47. The van der Waals surface area contributed by atoms with Gasteiger partial charge in [-0.25, -0.2) is 14.6 Å². The molecule has 0 aliphatic heterocycles. The number of urea groups is 1. The molecule has 2 aromatic rings. The van der Waals surface area contributed by atoms with Gasteiger partial charge in [0.1, 0.15) is 0 Å². The SMILES string of the molecule is O=C(O)C=Cc1ccc(NC(=O)NCc2cscn2)cc1. The molecule has 3 N–H and O–H groups in total. The highest BCUT2D eigenvalue weighted by atomic mass is 32.1. The van der Waals surface area contributed by atoms with Gasteiger partial charge in [0.25, 0.3) is 0 Å². The van der Waals surface area contributed by atoms with Crippen LogP contribution in [-0.2, 0) is 11.3 Å². The van der Waals surface area contributed by atoms with E-state index in [1.54, 1.807) is 29.8 Å². The zero-order valence-electron chi connectivity index (χ0n) is 10.9. The summed E-state index contributed by atoms with van der Waals surface area (Å²) < 4.78 is 0. The van der Waals surface area contributed by atoms with Crippen LogP contribution in [0.3, 0.4) is 0 Å². The Morgan fingerprint density at radius 2 is 2.05 bits per heavy atom. The summed E-state index contributed by atoms with van der Waals surface area (Å²) in [6, 6.07) is 6.51. The van der Waals surface area contributed by atoms with Crippen LogP contribution in [0.2, 0.25) is 0 Å². The Morgan fingerprint density at radius 3 is 2.67 bits per heavy atom. The molecule has 0 unspecified atom stereocenters. The second-order valence-corrected chi connectivity index (χ2v) is 4.80. The molecule has 1 aromatic carbocycles. The summed E-state index contributed by atoms with van der Waals surface area (Å²) in [4.78, 5) is 26.1. The summed E-state index contributed by atoms with van der Waals surface area (Å²) in [5.74, 6) is -1.00. The molecule has 0 bridgehead atoms.